The quantitative estimate of drug-likeness (QED) is 0.0987. The summed E-state index contributed by atoms with van der Waals surface area (Å²) in [6.45, 7) is 0. The summed E-state index contributed by atoms with van der Waals surface area (Å²) in [6, 6.07) is 34.8. The van der Waals surface area contributed by atoms with E-state index >= 15 is 0 Å². The van der Waals surface area contributed by atoms with Crippen LogP contribution in [0.4, 0.5) is 0 Å². The third-order valence-electron chi connectivity index (χ3n) is 6.87. The largest absolute Gasteiger partial charge is 0.507 e. The van der Waals surface area contributed by atoms with Gasteiger partial charge in [0, 0.05) is 0 Å². The minimum Gasteiger partial charge on any atom is -0.507 e. The van der Waals surface area contributed by atoms with Gasteiger partial charge >= 0.3 is 0 Å². The third kappa shape index (κ3) is 9.27. The first kappa shape index (κ1) is 37.6. The molecule has 0 saturated heterocycles. The van der Waals surface area contributed by atoms with Crippen LogP contribution >= 0.6 is 136 Å². The molecule has 0 aliphatic carbocycles. The lowest BCUT2D eigenvalue weighted by Gasteiger charge is -2.13. The number of halogens is 6. The molecule has 3 N–H and O–H groups in total. The Balaban J connectivity index is 1.31. The molecule has 0 unspecified atom stereocenters. The van der Waals surface area contributed by atoms with E-state index in [2.05, 4.69) is 172 Å². The number of phenolic OH excluding ortho intramolecular Hbond substituents is 3. The van der Waals surface area contributed by atoms with Gasteiger partial charge in [-0.25, -0.2) is 0 Å². The lowest BCUT2D eigenvalue weighted by atomic mass is 10.3. The zero-order valence-corrected chi connectivity index (χ0v) is 38.4. The number of hydrogen-bond donors (Lipinski definition) is 3. The second-order valence-corrected chi connectivity index (χ2v) is 19.2. The van der Waals surface area contributed by atoms with E-state index < -0.39 is 10.9 Å². The van der Waals surface area contributed by atoms with Gasteiger partial charge in [0.25, 0.3) is 0 Å². The molecule has 13 heteroatoms. The van der Waals surface area contributed by atoms with Crippen LogP contribution in [0.15, 0.2) is 124 Å². The van der Waals surface area contributed by atoms with Crippen LogP contribution in [0.1, 0.15) is 0 Å². The standard InChI is InChI=1S/C36H20I6O6S/c37-25-16-34(28(40)13-31(25)43)46-19-1-7-22(8-2-19)49(23-9-3-20(4-10-23)47-35-17-26(38)32(44)14-29(35)41)24-11-5-21(6-12-24)48-36-18-27(39)33(45)15-30(36)42/h1-18H,(H2-,43,44,45)/p+1. The molecule has 0 amide bonds. The van der Waals surface area contributed by atoms with Gasteiger partial charge in [0.1, 0.15) is 51.7 Å². The molecule has 0 aliphatic heterocycles. The van der Waals surface area contributed by atoms with E-state index in [1.165, 1.54) is 0 Å². The molecular weight excluding hydrogens is 1320 g/mol. The molecule has 6 nitrogen and oxygen atoms in total. The highest BCUT2D eigenvalue weighted by Crippen LogP contribution is 2.39. The zero-order valence-electron chi connectivity index (χ0n) is 24.6. The van der Waals surface area contributed by atoms with Crippen molar-refractivity contribution in [2.24, 2.45) is 0 Å². The second-order valence-electron chi connectivity index (χ2n) is 10.2. The van der Waals surface area contributed by atoms with E-state index in [0.29, 0.717) is 34.5 Å². The molecule has 0 aromatic heterocycles. The van der Waals surface area contributed by atoms with E-state index in [1.807, 2.05) is 54.6 Å². The van der Waals surface area contributed by atoms with E-state index in [-0.39, 0.29) is 17.2 Å². The van der Waals surface area contributed by atoms with Crippen LogP contribution in [-0.2, 0) is 10.9 Å². The predicted octanol–water partition coefficient (Wildman–Crippen LogP) is 12.9. The summed E-state index contributed by atoms with van der Waals surface area (Å²) in [5, 5.41) is 30.2. The van der Waals surface area contributed by atoms with Crippen LogP contribution in [0.5, 0.6) is 51.7 Å². The average Bonchev–Trinajstić information content (AvgIpc) is 3.07. The summed E-state index contributed by atoms with van der Waals surface area (Å²) in [4.78, 5) is 3.28. The summed E-state index contributed by atoms with van der Waals surface area (Å²) >= 11 is 12.7. The molecule has 0 radical (unpaired) electrons. The minimum atomic E-state index is -0.486. The normalized spacial score (nSPS) is 11.1. The number of hydrogen-bond acceptors (Lipinski definition) is 6. The van der Waals surface area contributed by atoms with Gasteiger partial charge in [0.2, 0.25) is 0 Å². The Kier molecular flexibility index (Phi) is 12.8. The first-order valence-electron chi connectivity index (χ1n) is 14.1. The summed E-state index contributed by atoms with van der Waals surface area (Å²) in [5.41, 5.74) is 0. The van der Waals surface area contributed by atoms with Crippen LogP contribution in [0.25, 0.3) is 0 Å². The van der Waals surface area contributed by atoms with Crippen molar-refractivity contribution in [1.82, 2.24) is 0 Å². The van der Waals surface area contributed by atoms with Gasteiger partial charge in [-0.2, -0.15) is 0 Å². The molecule has 0 bridgehead atoms. The number of rotatable bonds is 9. The van der Waals surface area contributed by atoms with Crippen molar-refractivity contribution in [3.8, 4) is 51.7 Å². The van der Waals surface area contributed by atoms with Crippen molar-refractivity contribution in [2.45, 2.75) is 14.7 Å². The number of aromatic hydroxyl groups is 3. The SMILES string of the molecule is Oc1cc(I)c(Oc2ccc([S+](c3ccc(Oc4cc(I)c(O)cc4I)cc3)c3ccc(Oc4cc(I)c(O)cc4I)cc3)cc2)cc1I. The van der Waals surface area contributed by atoms with Crippen LogP contribution in [0, 0.1) is 21.4 Å². The molecule has 0 aliphatic rings. The Morgan fingerprint density at radius 2 is 0.592 bits per heavy atom. The van der Waals surface area contributed by atoms with Gasteiger partial charge in [0.15, 0.2) is 14.7 Å². The summed E-state index contributed by atoms with van der Waals surface area (Å²) in [5.74, 6) is 4.78. The van der Waals surface area contributed by atoms with Gasteiger partial charge in [-0.1, -0.05) is 0 Å². The fraction of sp³-hybridized carbons (Fsp3) is 0. The van der Waals surface area contributed by atoms with Crippen molar-refractivity contribution < 1.29 is 29.5 Å². The smallest absolute Gasteiger partial charge is 0.166 e. The summed E-state index contributed by atoms with van der Waals surface area (Å²) in [6.07, 6.45) is 0. The van der Waals surface area contributed by atoms with E-state index in [4.69, 9.17) is 14.2 Å². The Morgan fingerprint density at radius 1 is 0.347 bits per heavy atom. The van der Waals surface area contributed by atoms with Crippen LogP contribution < -0.4 is 14.2 Å². The number of phenols is 3. The lowest BCUT2D eigenvalue weighted by molar-refractivity contribution is 0.458. The topological polar surface area (TPSA) is 88.4 Å². The van der Waals surface area contributed by atoms with Crippen LogP contribution in [-0.4, -0.2) is 15.3 Å². The average molecular weight is 1340 g/mol. The van der Waals surface area contributed by atoms with Crippen LogP contribution in [0.3, 0.4) is 0 Å². The molecule has 0 heterocycles. The summed E-state index contributed by atoms with van der Waals surface area (Å²) in [7, 11) is -0.486. The van der Waals surface area contributed by atoms with Gasteiger partial charge in [0.05, 0.1) is 32.3 Å². The minimum absolute atomic E-state index is 0.227. The Hall–Kier alpha value is -1.15. The predicted molar refractivity (Wildman–Crippen MR) is 242 cm³/mol. The highest BCUT2D eigenvalue weighted by atomic mass is 127. The van der Waals surface area contributed by atoms with Gasteiger partial charge in [-0.3, -0.25) is 0 Å². The monoisotopic (exact) mass is 1340 g/mol. The van der Waals surface area contributed by atoms with E-state index in [9.17, 15) is 15.3 Å². The van der Waals surface area contributed by atoms with Gasteiger partial charge in [-0.05, 0) is 245 Å². The third-order valence-corrected chi connectivity index (χ3v) is 14.2. The van der Waals surface area contributed by atoms with Crippen molar-refractivity contribution in [3.63, 3.8) is 0 Å². The van der Waals surface area contributed by atoms with Crippen LogP contribution in [0.2, 0.25) is 0 Å². The highest BCUT2D eigenvalue weighted by molar-refractivity contribution is 14.1. The van der Waals surface area contributed by atoms with Gasteiger partial charge < -0.3 is 29.5 Å². The van der Waals surface area contributed by atoms with Gasteiger partial charge in [-0.15, -0.1) is 0 Å². The molecule has 49 heavy (non-hydrogen) atoms. The fourth-order valence-corrected chi connectivity index (χ4v) is 9.55. The Bertz CT molecular complexity index is 1900. The Morgan fingerprint density at radius 3 is 0.837 bits per heavy atom. The molecule has 0 saturated carbocycles. The molecular formula is C36H21I6O6S+. The molecule has 0 atom stereocenters. The zero-order chi connectivity index (χ0) is 34.8. The summed E-state index contributed by atoms with van der Waals surface area (Å²) < 4.78 is 23.2. The molecule has 6 aromatic rings. The fourth-order valence-electron chi connectivity index (χ4n) is 4.51. The molecule has 0 fully saturated rings. The maximum Gasteiger partial charge on any atom is 0.166 e. The van der Waals surface area contributed by atoms with Crippen molar-refractivity contribution in [1.29, 1.82) is 0 Å². The van der Waals surface area contributed by atoms with Crippen molar-refractivity contribution in [3.05, 3.63) is 131 Å². The Labute approximate surface area is 367 Å². The van der Waals surface area contributed by atoms with Crippen molar-refractivity contribution in [2.75, 3.05) is 0 Å². The first-order chi connectivity index (χ1) is 23.4. The molecule has 248 valence electrons. The highest BCUT2D eigenvalue weighted by Gasteiger charge is 2.29. The lowest BCUT2D eigenvalue weighted by Crippen LogP contribution is -2.05. The molecule has 6 rings (SSSR count). The maximum absolute atomic E-state index is 10.1. The second kappa shape index (κ2) is 16.7. The number of ether oxygens (including phenoxy) is 3. The van der Waals surface area contributed by atoms with E-state index in [0.717, 1.165) is 36.1 Å². The maximum atomic E-state index is 10.1. The molecule has 0 spiro atoms. The van der Waals surface area contributed by atoms with Crippen molar-refractivity contribution >= 4 is 146 Å². The molecule has 6 aromatic carbocycles. The first-order valence-corrected chi connectivity index (χ1v) is 21.8. The number of benzene rings is 6. The van der Waals surface area contributed by atoms with E-state index in [1.54, 1.807) is 18.2 Å².